The number of carboxylic acid groups (broad SMARTS) is 1. The molecule has 3 fully saturated rings. The topological polar surface area (TPSA) is 124 Å². The van der Waals surface area contributed by atoms with Crippen LogP contribution >= 0.6 is 0 Å². The number of hydrogen-bond donors (Lipinski definition) is 4. The smallest absolute Gasteiger partial charge is 0.339 e. The highest BCUT2D eigenvalue weighted by atomic mass is 16.4. The molecule has 4 atom stereocenters. The van der Waals surface area contributed by atoms with Crippen LogP contribution in [0.25, 0.3) is 0 Å². The van der Waals surface area contributed by atoms with Gasteiger partial charge in [-0.3, -0.25) is 9.59 Å². The van der Waals surface area contributed by atoms with E-state index in [4.69, 9.17) is 5.11 Å². The SMILES string of the molecule is C=C1C[C@@]23C=CC(=O)[C@@](C)(CCC(=O)Nc4c(O)ccc(C(=O)O)c4O)C2C[C@@H]1CC3. The number of phenolic OH excluding ortho intramolecular Hbond substituents is 1. The fraction of sp³-hybridized carbons (Fsp3) is 0.458. The van der Waals surface area contributed by atoms with Crippen molar-refractivity contribution in [3.8, 4) is 11.5 Å². The second-order valence-electron chi connectivity index (χ2n) is 9.42. The third kappa shape index (κ3) is 3.32. The van der Waals surface area contributed by atoms with E-state index in [1.807, 2.05) is 6.92 Å². The van der Waals surface area contributed by atoms with Crippen molar-refractivity contribution < 1.29 is 29.7 Å². The maximum Gasteiger partial charge on any atom is 0.339 e. The van der Waals surface area contributed by atoms with Gasteiger partial charge in [0.15, 0.2) is 11.5 Å². The second-order valence-corrected chi connectivity index (χ2v) is 9.42. The lowest BCUT2D eigenvalue weighted by molar-refractivity contribution is -0.136. The summed E-state index contributed by atoms with van der Waals surface area (Å²) >= 11 is 0. The number of rotatable bonds is 5. The molecule has 5 rings (SSSR count). The maximum atomic E-state index is 12.9. The first kappa shape index (κ1) is 21.2. The van der Waals surface area contributed by atoms with E-state index in [1.54, 1.807) is 6.08 Å². The lowest BCUT2D eigenvalue weighted by Crippen LogP contribution is -2.54. The van der Waals surface area contributed by atoms with Crippen LogP contribution in [0.15, 0.2) is 36.4 Å². The third-order valence-electron chi connectivity index (χ3n) is 7.73. The summed E-state index contributed by atoms with van der Waals surface area (Å²) < 4.78 is 0. The number of fused-ring (bicyclic) bond motifs is 2. The summed E-state index contributed by atoms with van der Waals surface area (Å²) in [5, 5.41) is 31.6. The van der Waals surface area contributed by atoms with E-state index in [0.717, 1.165) is 37.8 Å². The zero-order valence-electron chi connectivity index (χ0n) is 17.5. The molecule has 1 spiro atoms. The number of amides is 1. The number of benzene rings is 1. The maximum absolute atomic E-state index is 12.9. The van der Waals surface area contributed by atoms with Gasteiger partial charge in [-0.1, -0.05) is 25.2 Å². The number of anilines is 1. The number of phenols is 2. The second kappa shape index (κ2) is 7.25. The average molecular weight is 425 g/mol. The molecule has 1 aromatic carbocycles. The molecule has 31 heavy (non-hydrogen) atoms. The predicted molar refractivity (Wildman–Crippen MR) is 114 cm³/mol. The van der Waals surface area contributed by atoms with Crippen molar-refractivity contribution in [2.45, 2.75) is 45.4 Å². The van der Waals surface area contributed by atoms with Crippen LogP contribution in [0, 0.1) is 22.7 Å². The summed E-state index contributed by atoms with van der Waals surface area (Å²) in [6.07, 6.45) is 7.96. The van der Waals surface area contributed by atoms with Crippen molar-refractivity contribution in [2.75, 3.05) is 5.32 Å². The van der Waals surface area contributed by atoms with Crippen LogP contribution in [-0.4, -0.2) is 33.0 Å². The predicted octanol–water partition coefficient (Wildman–Crippen LogP) is 4.02. The molecule has 7 heteroatoms. The van der Waals surface area contributed by atoms with E-state index in [1.165, 1.54) is 5.57 Å². The van der Waals surface area contributed by atoms with Crippen LogP contribution < -0.4 is 5.32 Å². The molecule has 4 aliphatic carbocycles. The first-order valence-corrected chi connectivity index (χ1v) is 10.6. The van der Waals surface area contributed by atoms with Crippen molar-refractivity contribution in [1.29, 1.82) is 0 Å². The molecule has 164 valence electrons. The Morgan fingerprint density at radius 1 is 1.29 bits per heavy atom. The van der Waals surface area contributed by atoms with Gasteiger partial charge in [-0.25, -0.2) is 4.79 Å². The van der Waals surface area contributed by atoms with Gasteiger partial charge in [0, 0.05) is 11.8 Å². The van der Waals surface area contributed by atoms with Crippen molar-refractivity contribution in [2.24, 2.45) is 22.7 Å². The highest BCUT2D eigenvalue weighted by molar-refractivity contribution is 6.00. The molecule has 7 nitrogen and oxygen atoms in total. The molecule has 0 aliphatic heterocycles. The van der Waals surface area contributed by atoms with Crippen molar-refractivity contribution >= 4 is 23.3 Å². The monoisotopic (exact) mass is 425 g/mol. The number of carbonyl (C=O) groups excluding carboxylic acids is 2. The van der Waals surface area contributed by atoms with Gasteiger partial charge in [0.2, 0.25) is 5.91 Å². The zero-order valence-corrected chi connectivity index (χ0v) is 17.5. The van der Waals surface area contributed by atoms with Crippen LogP contribution in [0.1, 0.15) is 55.8 Å². The first-order valence-electron chi connectivity index (χ1n) is 10.6. The molecule has 2 bridgehead atoms. The number of hydrogen-bond acceptors (Lipinski definition) is 5. The molecule has 1 aromatic rings. The van der Waals surface area contributed by atoms with Crippen molar-refractivity contribution in [3.05, 3.63) is 42.0 Å². The molecule has 0 heterocycles. The number of nitrogens with one attached hydrogen (secondary N) is 1. The molecule has 0 radical (unpaired) electrons. The number of carboxylic acids is 1. The van der Waals surface area contributed by atoms with Crippen LogP contribution in [0.4, 0.5) is 5.69 Å². The van der Waals surface area contributed by atoms with E-state index in [-0.39, 0.29) is 29.2 Å². The minimum Gasteiger partial charge on any atom is -0.506 e. The fourth-order valence-electron chi connectivity index (χ4n) is 5.91. The van der Waals surface area contributed by atoms with Gasteiger partial charge < -0.3 is 20.6 Å². The Morgan fingerprint density at radius 2 is 2.03 bits per heavy atom. The standard InChI is InChI=1S/C24H27NO6/c1-13-12-24-9-5-14(13)11-17(24)23(2,18(27)6-10-24)8-7-19(28)25-20-16(26)4-3-15(21(20)29)22(30)31/h3-4,6,10,14,17,26,29H,1,5,7-9,11-12H2,2H3,(H,25,28)(H,30,31)/t14-,17?,23-,24+/m0/s1. The van der Waals surface area contributed by atoms with Crippen LogP contribution in [0.5, 0.6) is 11.5 Å². The molecule has 0 aromatic heterocycles. The Balaban J connectivity index is 1.52. The minimum atomic E-state index is -1.38. The Labute approximate surface area is 180 Å². The molecule has 4 aliphatic rings. The Kier molecular flexibility index (Phi) is 4.95. The molecule has 0 saturated heterocycles. The molecule has 4 N–H and O–H groups in total. The molecule has 1 amide bonds. The quantitative estimate of drug-likeness (QED) is 0.417. The number of carbonyl (C=O) groups is 3. The number of aromatic carboxylic acids is 1. The average Bonchev–Trinajstić information content (AvgIpc) is 2.72. The summed E-state index contributed by atoms with van der Waals surface area (Å²) in [5.41, 5.74) is -0.260. The van der Waals surface area contributed by atoms with Gasteiger partial charge >= 0.3 is 5.97 Å². The van der Waals surface area contributed by atoms with Crippen molar-refractivity contribution in [3.63, 3.8) is 0 Å². The van der Waals surface area contributed by atoms with E-state index < -0.39 is 34.4 Å². The van der Waals surface area contributed by atoms with Gasteiger partial charge in [-0.2, -0.15) is 0 Å². The molecule has 3 saturated carbocycles. The van der Waals surface area contributed by atoms with Gasteiger partial charge in [0.25, 0.3) is 0 Å². The Morgan fingerprint density at radius 3 is 2.71 bits per heavy atom. The molecule has 1 unspecified atom stereocenters. The minimum absolute atomic E-state index is 0.00442. The van der Waals surface area contributed by atoms with Crippen LogP contribution in [0.3, 0.4) is 0 Å². The van der Waals surface area contributed by atoms with E-state index in [0.29, 0.717) is 12.3 Å². The summed E-state index contributed by atoms with van der Waals surface area (Å²) in [5.74, 6) is -2.42. The van der Waals surface area contributed by atoms with Gasteiger partial charge in [0.1, 0.15) is 17.0 Å². The van der Waals surface area contributed by atoms with E-state index >= 15 is 0 Å². The van der Waals surface area contributed by atoms with Crippen LogP contribution in [0.2, 0.25) is 0 Å². The Bertz CT molecular complexity index is 1030. The fourth-order valence-corrected chi connectivity index (χ4v) is 5.91. The van der Waals surface area contributed by atoms with Gasteiger partial charge in [0.05, 0.1) is 0 Å². The zero-order chi connectivity index (χ0) is 22.6. The van der Waals surface area contributed by atoms with Gasteiger partial charge in [-0.05, 0) is 67.6 Å². The normalized spacial score (nSPS) is 31.4. The lowest BCUT2D eigenvalue weighted by Gasteiger charge is -2.59. The van der Waals surface area contributed by atoms with Gasteiger partial charge in [-0.15, -0.1) is 0 Å². The Hall–Kier alpha value is -3.09. The summed E-state index contributed by atoms with van der Waals surface area (Å²) in [7, 11) is 0. The lowest BCUT2D eigenvalue weighted by atomic mass is 9.44. The number of aromatic hydroxyl groups is 2. The first-order chi connectivity index (χ1) is 14.6. The summed E-state index contributed by atoms with van der Waals surface area (Å²) in [4.78, 5) is 36.8. The number of allylic oxidation sites excluding steroid dienone is 3. The van der Waals surface area contributed by atoms with E-state index in [9.17, 15) is 24.6 Å². The molecular formula is C24H27NO6. The van der Waals surface area contributed by atoms with Crippen molar-refractivity contribution in [1.82, 2.24) is 0 Å². The summed E-state index contributed by atoms with van der Waals surface area (Å²) in [6.45, 7) is 6.17. The largest absolute Gasteiger partial charge is 0.506 e. The summed E-state index contributed by atoms with van der Waals surface area (Å²) in [6, 6.07) is 2.16. The van der Waals surface area contributed by atoms with E-state index in [2.05, 4.69) is 18.0 Å². The highest BCUT2D eigenvalue weighted by Gasteiger charge is 2.58. The highest BCUT2D eigenvalue weighted by Crippen LogP contribution is 2.64. The third-order valence-corrected chi connectivity index (χ3v) is 7.73. The molecular weight excluding hydrogens is 398 g/mol. The van der Waals surface area contributed by atoms with Crippen LogP contribution in [-0.2, 0) is 9.59 Å². The number of ketones is 1.